The van der Waals surface area contributed by atoms with E-state index in [-0.39, 0.29) is 0 Å². The summed E-state index contributed by atoms with van der Waals surface area (Å²) in [6.07, 6.45) is 2.77. The first kappa shape index (κ1) is 7.10. The summed E-state index contributed by atoms with van der Waals surface area (Å²) in [6.45, 7) is 0.660. The first-order valence-electron chi connectivity index (χ1n) is 4.12. The highest BCUT2D eigenvalue weighted by molar-refractivity contribution is 5.72. The van der Waals surface area contributed by atoms with Crippen LogP contribution in [0.1, 0.15) is 19.3 Å². The summed E-state index contributed by atoms with van der Waals surface area (Å²) in [6, 6.07) is 0. The van der Waals surface area contributed by atoms with Crippen LogP contribution in [0.2, 0.25) is 0 Å². The summed E-state index contributed by atoms with van der Waals surface area (Å²) in [5.74, 6) is 0.164. The Bertz CT molecular complexity index is 178. The van der Waals surface area contributed by atoms with E-state index < -0.39 is 12.1 Å². The molecule has 3 nitrogen and oxygen atoms in total. The van der Waals surface area contributed by atoms with Gasteiger partial charge in [0.25, 0.3) is 0 Å². The smallest absolute Gasteiger partial charge is 0.333 e. The summed E-state index contributed by atoms with van der Waals surface area (Å²) in [4.78, 5) is 10.6. The van der Waals surface area contributed by atoms with Crippen molar-refractivity contribution in [1.82, 2.24) is 0 Å². The molecule has 0 aromatic heterocycles. The van der Waals surface area contributed by atoms with E-state index in [0.717, 1.165) is 19.3 Å². The molecular weight excluding hydrogens is 144 g/mol. The molecule has 0 aromatic carbocycles. The Morgan fingerprint density at radius 1 is 1.45 bits per heavy atom. The molecule has 2 bridgehead atoms. The molecule has 1 saturated heterocycles. The predicted molar refractivity (Wildman–Crippen MR) is 38.2 cm³/mol. The van der Waals surface area contributed by atoms with E-state index in [1.165, 1.54) is 0 Å². The van der Waals surface area contributed by atoms with Crippen molar-refractivity contribution in [2.45, 2.75) is 25.4 Å². The monoisotopic (exact) mass is 156 g/mol. The van der Waals surface area contributed by atoms with Crippen molar-refractivity contribution >= 4 is 5.97 Å². The van der Waals surface area contributed by atoms with Gasteiger partial charge in [-0.2, -0.15) is 0 Å². The van der Waals surface area contributed by atoms with Crippen molar-refractivity contribution in [2.75, 3.05) is 6.61 Å². The third-order valence-corrected chi connectivity index (χ3v) is 2.76. The minimum absolute atomic E-state index is 0.297. The van der Waals surface area contributed by atoms with E-state index in [2.05, 4.69) is 0 Å². The van der Waals surface area contributed by atoms with Gasteiger partial charge in [-0.25, -0.2) is 4.79 Å². The lowest BCUT2D eigenvalue weighted by Crippen LogP contribution is -2.35. The van der Waals surface area contributed by atoms with Gasteiger partial charge in [0.05, 0.1) is 6.61 Å². The molecule has 11 heavy (non-hydrogen) atoms. The molecule has 2 aliphatic rings. The lowest BCUT2D eigenvalue weighted by Gasteiger charge is -2.25. The van der Waals surface area contributed by atoms with Crippen LogP contribution in [-0.2, 0) is 9.53 Å². The van der Waals surface area contributed by atoms with E-state index in [4.69, 9.17) is 9.84 Å². The number of ether oxygens (including phenoxy) is 1. The van der Waals surface area contributed by atoms with E-state index in [1.807, 2.05) is 0 Å². The van der Waals surface area contributed by atoms with Crippen LogP contribution < -0.4 is 0 Å². The van der Waals surface area contributed by atoms with Crippen molar-refractivity contribution in [3.05, 3.63) is 0 Å². The fraction of sp³-hybridized carbons (Fsp3) is 0.875. The van der Waals surface area contributed by atoms with Crippen molar-refractivity contribution in [3.8, 4) is 0 Å². The number of aliphatic carboxylic acids is 1. The zero-order chi connectivity index (χ0) is 7.84. The Balaban J connectivity index is 2.07. The molecule has 3 atom stereocenters. The maximum atomic E-state index is 10.6. The molecule has 1 saturated carbocycles. The summed E-state index contributed by atoms with van der Waals surface area (Å²) in [5, 5.41) is 8.73. The number of fused-ring (bicyclic) bond motifs is 2. The molecular formula is C8H12O3. The molecule has 1 aliphatic carbocycles. The first-order valence-corrected chi connectivity index (χ1v) is 4.12. The van der Waals surface area contributed by atoms with Crippen molar-refractivity contribution < 1.29 is 14.6 Å². The zero-order valence-electron chi connectivity index (χ0n) is 6.32. The van der Waals surface area contributed by atoms with Gasteiger partial charge in [0, 0.05) is 0 Å². The second-order valence-corrected chi connectivity index (χ2v) is 3.53. The Morgan fingerprint density at radius 3 is 3.00 bits per heavy atom. The number of rotatable bonds is 1. The van der Waals surface area contributed by atoms with Crippen LogP contribution in [-0.4, -0.2) is 23.8 Å². The van der Waals surface area contributed by atoms with E-state index in [0.29, 0.717) is 18.4 Å². The molecule has 0 radical (unpaired) electrons. The van der Waals surface area contributed by atoms with Crippen LogP contribution in [0.3, 0.4) is 0 Å². The predicted octanol–water partition coefficient (Wildman–Crippen LogP) is 0.886. The average Bonchev–Trinajstić information content (AvgIpc) is 2.32. The number of hydrogen-bond acceptors (Lipinski definition) is 2. The number of carbonyl (C=O) groups is 1. The largest absolute Gasteiger partial charge is 0.479 e. The minimum atomic E-state index is -0.782. The van der Waals surface area contributed by atoms with E-state index >= 15 is 0 Å². The Kier molecular flexibility index (Phi) is 1.60. The number of carboxylic acid groups (broad SMARTS) is 1. The van der Waals surface area contributed by atoms with Crippen molar-refractivity contribution in [3.63, 3.8) is 0 Å². The van der Waals surface area contributed by atoms with Crippen molar-refractivity contribution in [1.29, 1.82) is 0 Å². The van der Waals surface area contributed by atoms with Crippen molar-refractivity contribution in [2.24, 2.45) is 11.8 Å². The Labute approximate surface area is 65.4 Å². The van der Waals surface area contributed by atoms with Crippen LogP contribution in [0.4, 0.5) is 0 Å². The molecule has 0 spiro atoms. The quantitative estimate of drug-likeness (QED) is 0.613. The van der Waals surface area contributed by atoms with Gasteiger partial charge in [0.15, 0.2) is 6.10 Å². The van der Waals surface area contributed by atoms with Crippen LogP contribution in [0, 0.1) is 11.8 Å². The van der Waals surface area contributed by atoms with Gasteiger partial charge < -0.3 is 9.84 Å². The molecule has 2 rings (SSSR count). The SMILES string of the molecule is O=C(O)[C@@H]1OC[C@@H]2CC[C@H]1C2. The molecule has 62 valence electrons. The highest BCUT2D eigenvalue weighted by Gasteiger charge is 2.40. The number of hydrogen-bond donors (Lipinski definition) is 1. The Morgan fingerprint density at radius 2 is 2.27 bits per heavy atom. The van der Waals surface area contributed by atoms with E-state index in [1.54, 1.807) is 0 Å². The molecule has 0 aromatic rings. The van der Waals surface area contributed by atoms with Gasteiger partial charge in [-0.15, -0.1) is 0 Å². The molecule has 3 heteroatoms. The van der Waals surface area contributed by atoms with Gasteiger partial charge >= 0.3 is 5.97 Å². The average molecular weight is 156 g/mol. The van der Waals surface area contributed by atoms with Gasteiger partial charge in [-0.3, -0.25) is 0 Å². The minimum Gasteiger partial charge on any atom is -0.479 e. The highest BCUT2D eigenvalue weighted by Crippen LogP contribution is 2.38. The first-order chi connectivity index (χ1) is 5.27. The standard InChI is InChI=1S/C8H12O3/c9-8(10)7-6-2-1-5(3-6)4-11-7/h5-7H,1-4H2,(H,9,10)/t5-,6+,7-/m1/s1. The number of carboxylic acids is 1. The summed E-state index contributed by atoms with van der Waals surface area (Å²) in [5.41, 5.74) is 0. The van der Waals surface area contributed by atoms with Crippen LogP contribution in [0.25, 0.3) is 0 Å². The lowest BCUT2D eigenvalue weighted by atomic mass is 9.96. The second kappa shape index (κ2) is 2.48. The van der Waals surface area contributed by atoms with Crippen LogP contribution in [0.5, 0.6) is 0 Å². The zero-order valence-corrected chi connectivity index (χ0v) is 6.32. The fourth-order valence-corrected chi connectivity index (χ4v) is 2.19. The Hall–Kier alpha value is -0.570. The third kappa shape index (κ3) is 1.13. The topological polar surface area (TPSA) is 46.5 Å². The summed E-state index contributed by atoms with van der Waals surface area (Å²) in [7, 11) is 0. The van der Waals surface area contributed by atoms with Gasteiger partial charge in [0.2, 0.25) is 0 Å². The normalized spacial score (nSPS) is 42.4. The third-order valence-electron chi connectivity index (χ3n) is 2.76. The fourth-order valence-electron chi connectivity index (χ4n) is 2.19. The molecule has 1 N–H and O–H groups in total. The van der Waals surface area contributed by atoms with Gasteiger partial charge in [-0.05, 0) is 31.1 Å². The van der Waals surface area contributed by atoms with Gasteiger partial charge in [-0.1, -0.05) is 0 Å². The summed E-state index contributed by atoms with van der Waals surface area (Å²) >= 11 is 0. The maximum Gasteiger partial charge on any atom is 0.333 e. The highest BCUT2D eigenvalue weighted by atomic mass is 16.5. The maximum absolute atomic E-state index is 10.6. The second-order valence-electron chi connectivity index (χ2n) is 3.53. The van der Waals surface area contributed by atoms with Crippen LogP contribution >= 0.6 is 0 Å². The van der Waals surface area contributed by atoms with Gasteiger partial charge in [0.1, 0.15) is 0 Å². The summed E-state index contributed by atoms with van der Waals surface area (Å²) < 4.78 is 5.23. The van der Waals surface area contributed by atoms with Crippen LogP contribution in [0.15, 0.2) is 0 Å². The molecule has 2 fully saturated rings. The molecule has 0 amide bonds. The van der Waals surface area contributed by atoms with E-state index in [9.17, 15) is 4.79 Å². The molecule has 1 heterocycles. The molecule has 1 aliphatic heterocycles. The lowest BCUT2D eigenvalue weighted by molar-refractivity contribution is -0.157. The molecule has 0 unspecified atom stereocenters.